The van der Waals surface area contributed by atoms with Crippen molar-refractivity contribution in [2.24, 2.45) is 0 Å². The molecule has 6 nitrogen and oxygen atoms in total. The number of pyridine rings is 1. The zero-order valence-electron chi connectivity index (χ0n) is 15.3. The molecule has 148 valence electrons. The minimum Gasteiger partial charge on any atom is -0.477 e. The summed E-state index contributed by atoms with van der Waals surface area (Å²) in [6.45, 7) is 0. The molecule has 0 aliphatic rings. The van der Waals surface area contributed by atoms with E-state index in [1.165, 1.54) is 34.9 Å². The van der Waals surface area contributed by atoms with Crippen LogP contribution in [0.1, 0.15) is 22.0 Å². The van der Waals surface area contributed by atoms with Crippen LogP contribution in [0.2, 0.25) is 5.02 Å². The number of carboxylic acid groups (broad SMARTS) is 1. The quantitative estimate of drug-likeness (QED) is 0.526. The van der Waals surface area contributed by atoms with Crippen LogP contribution in [0.4, 0.5) is 4.39 Å². The van der Waals surface area contributed by atoms with Gasteiger partial charge in [-0.15, -0.1) is 0 Å². The number of aromatic carboxylic acids is 1. The molecule has 0 aliphatic heterocycles. The standard InChI is InChI=1S/C22H13ClFN3O3/c23-16-5-1-2-7-19(16)27-20(11-9-14-4-3-6-18(25-14)22(29)30)26-17-10-8-13(24)12-15(17)21(27)28/h1-12H,(H,29,30)/b11-9+. The largest absolute Gasteiger partial charge is 0.477 e. The number of hydrogen-bond acceptors (Lipinski definition) is 4. The van der Waals surface area contributed by atoms with Crippen LogP contribution in [0.25, 0.3) is 28.7 Å². The van der Waals surface area contributed by atoms with Crippen LogP contribution >= 0.6 is 11.6 Å². The lowest BCUT2D eigenvalue weighted by atomic mass is 10.2. The fourth-order valence-electron chi connectivity index (χ4n) is 2.98. The molecule has 2 aromatic carbocycles. The molecule has 0 amide bonds. The van der Waals surface area contributed by atoms with E-state index in [1.807, 2.05) is 0 Å². The molecule has 0 saturated heterocycles. The molecule has 2 heterocycles. The molecule has 4 rings (SSSR count). The summed E-state index contributed by atoms with van der Waals surface area (Å²) in [5.41, 5.74) is 0.475. The van der Waals surface area contributed by atoms with Gasteiger partial charge in [-0.25, -0.2) is 19.2 Å². The van der Waals surface area contributed by atoms with E-state index < -0.39 is 17.3 Å². The fourth-order valence-corrected chi connectivity index (χ4v) is 3.20. The van der Waals surface area contributed by atoms with Crippen LogP contribution in [-0.2, 0) is 0 Å². The third kappa shape index (κ3) is 3.70. The average molecular weight is 422 g/mol. The lowest BCUT2D eigenvalue weighted by Crippen LogP contribution is -2.22. The first-order valence-electron chi connectivity index (χ1n) is 8.80. The molecule has 0 saturated carbocycles. The van der Waals surface area contributed by atoms with Gasteiger partial charge in [0, 0.05) is 0 Å². The summed E-state index contributed by atoms with van der Waals surface area (Å²) in [5, 5.41) is 9.53. The third-order valence-electron chi connectivity index (χ3n) is 4.34. The van der Waals surface area contributed by atoms with Crippen LogP contribution in [0.5, 0.6) is 0 Å². The van der Waals surface area contributed by atoms with Gasteiger partial charge in [0.2, 0.25) is 0 Å². The highest BCUT2D eigenvalue weighted by Crippen LogP contribution is 2.22. The number of halogens is 2. The van der Waals surface area contributed by atoms with Crippen molar-refractivity contribution in [3.63, 3.8) is 0 Å². The van der Waals surface area contributed by atoms with Gasteiger partial charge in [-0.2, -0.15) is 0 Å². The van der Waals surface area contributed by atoms with Gasteiger partial charge in [0.15, 0.2) is 0 Å². The van der Waals surface area contributed by atoms with Gasteiger partial charge in [0.1, 0.15) is 17.3 Å². The molecule has 1 N–H and O–H groups in total. The van der Waals surface area contributed by atoms with Gasteiger partial charge < -0.3 is 5.11 Å². The van der Waals surface area contributed by atoms with E-state index in [1.54, 1.807) is 36.4 Å². The lowest BCUT2D eigenvalue weighted by molar-refractivity contribution is 0.0690. The maximum absolute atomic E-state index is 13.7. The Morgan fingerprint density at radius 2 is 1.83 bits per heavy atom. The number of carbonyl (C=O) groups is 1. The summed E-state index contributed by atoms with van der Waals surface area (Å²) in [5.74, 6) is -1.47. The van der Waals surface area contributed by atoms with Crippen LogP contribution < -0.4 is 5.56 Å². The van der Waals surface area contributed by atoms with E-state index in [4.69, 9.17) is 16.7 Å². The van der Waals surface area contributed by atoms with Crippen molar-refractivity contribution >= 4 is 40.6 Å². The molecular weight excluding hydrogens is 409 g/mol. The fraction of sp³-hybridized carbons (Fsp3) is 0. The molecule has 0 bridgehead atoms. The lowest BCUT2D eigenvalue weighted by Gasteiger charge is -2.12. The zero-order chi connectivity index (χ0) is 21.3. The Morgan fingerprint density at radius 3 is 2.60 bits per heavy atom. The van der Waals surface area contributed by atoms with Crippen LogP contribution in [0, 0.1) is 5.82 Å². The Balaban J connectivity index is 1.94. The molecule has 0 aliphatic carbocycles. The summed E-state index contributed by atoms with van der Waals surface area (Å²) in [6.07, 6.45) is 3.07. The number of carboxylic acids is 1. The molecule has 0 spiro atoms. The van der Waals surface area contributed by atoms with Crippen molar-refractivity contribution < 1.29 is 14.3 Å². The zero-order valence-corrected chi connectivity index (χ0v) is 16.0. The first-order chi connectivity index (χ1) is 14.4. The Kier molecular flexibility index (Phi) is 5.12. The summed E-state index contributed by atoms with van der Waals surface area (Å²) in [7, 11) is 0. The van der Waals surface area contributed by atoms with Gasteiger partial charge >= 0.3 is 5.97 Å². The van der Waals surface area contributed by atoms with Crippen molar-refractivity contribution in [2.75, 3.05) is 0 Å². The first kappa shape index (κ1) is 19.5. The number of aromatic nitrogens is 3. The van der Waals surface area contributed by atoms with Crippen molar-refractivity contribution in [2.45, 2.75) is 0 Å². The molecule has 2 aromatic heterocycles. The van der Waals surface area contributed by atoms with Crippen LogP contribution in [0.3, 0.4) is 0 Å². The van der Waals surface area contributed by atoms with Crippen molar-refractivity contribution in [1.29, 1.82) is 0 Å². The molecule has 30 heavy (non-hydrogen) atoms. The van der Waals surface area contributed by atoms with Gasteiger partial charge in [0.25, 0.3) is 5.56 Å². The Morgan fingerprint density at radius 1 is 1.03 bits per heavy atom. The van der Waals surface area contributed by atoms with Gasteiger partial charge in [0.05, 0.1) is 27.3 Å². The van der Waals surface area contributed by atoms with Gasteiger partial charge in [-0.1, -0.05) is 29.8 Å². The molecular formula is C22H13ClFN3O3. The highest BCUT2D eigenvalue weighted by atomic mass is 35.5. The summed E-state index contributed by atoms with van der Waals surface area (Å²) < 4.78 is 15.0. The summed E-state index contributed by atoms with van der Waals surface area (Å²) in [4.78, 5) is 32.8. The van der Waals surface area contributed by atoms with Crippen molar-refractivity contribution in [3.8, 4) is 5.69 Å². The second-order valence-corrected chi connectivity index (χ2v) is 6.72. The van der Waals surface area contributed by atoms with E-state index in [-0.39, 0.29) is 16.9 Å². The number of hydrogen-bond donors (Lipinski definition) is 1. The maximum atomic E-state index is 13.7. The minimum absolute atomic E-state index is 0.109. The highest BCUT2D eigenvalue weighted by Gasteiger charge is 2.14. The van der Waals surface area contributed by atoms with Crippen molar-refractivity contribution in [3.05, 3.63) is 99.1 Å². The second kappa shape index (κ2) is 7.88. The Hall–Kier alpha value is -3.84. The van der Waals surface area contributed by atoms with Crippen LogP contribution in [0.15, 0.2) is 65.5 Å². The van der Waals surface area contributed by atoms with E-state index in [0.29, 0.717) is 21.9 Å². The number of benzene rings is 2. The summed E-state index contributed by atoms with van der Waals surface area (Å²) >= 11 is 6.29. The number of fused-ring (bicyclic) bond motifs is 1. The van der Waals surface area contributed by atoms with E-state index >= 15 is 0 Å². The summed E-state index contributed by atoms with van der Waals surface area (Å²) in [6, 6.07) is 15.1. The predicted octanol–water partition coefficient (Wildman–Crippen LogP) is 4.44. The van der Waals surface area contributed by atoms with E-state index in [2.05, 4.69) is 9.97 Å². The number of rotatable bonds is 4. The van der Waals surface area contributed by atoms with E-state index in [9.17, 15) is 14.0 Å². The number of nitrogens with zero attached hydrogens (tertiary/aromatic N) is 3. The molecule has 8 heteroatoms. The Labute approximate surface area is 174 Å². The van der Waals surface area contributed by atoms with Gasteiger partial charge in [-0.3, -0.25) is 9.36 Å². The molecule has 4 aromatic rings. The smallest absolute Gasteiger partial charge is 0.354 e. The Bertz CT molecular complexity index is 1380. The van der Waals surface area contributed by atoms with Gasteiger partial charge in [-0.05, 0) is 54.6 Å². The minimum atomic E-state index is -1.15. The van der Waals surface area contributed by atoms with Crippen molar-refractivity contribution in [1.82, 2.24) is 14.5 Å². The molecule has 0 fully saturated rings. The highest BCUT2D eigenvalue weighted by molar-refractivity contribution is 6.32. The normalized spacial score (nSPS) is 11.3. The third-order valence-corrected chi connectivity index (χ3v) is 4.66. The maximum Gasteiger partial charge on any atom is 0.354 e. The monoisotopic (exact) mass is 421 g/mol. The van der Waals surface area contributed by atoms with Crippen LogP contribution in [-0.4, -0.2) is 25.6 Å². The SMILES string of the molecule is O=C(O)c1cccc(/C=C/c2nc3ccc(F)cc3c(=O)n2-c2ccccc2Cl)n1. The molecule has 0 unspecified atom stereocenters. The average Bonchev–Trinajstić information content (AvgIpc) is 2.74. The molecule has 0 atom stereocenters. The van der Waals surface area contributed by atoms with E-state index in [0.717, 1.165) is 6.07 Å². The topological polar surface area (TPSA) is 85.1 Å². The second-order valence-electron chi connectivity index (χ2n) is 6.31. The predicted molar refractivity (Wildman–Crippen MR) is 112 cm³/mol. The first-order valence-corrected chi connectivity index (χ1v) is 9.17. The number of para-hydroxylation sites is 1. The molecule has 0 radical (unpaired) electrons.